The van der Waals surface area contributed by atoms with Crippen molar-refractivity contribution in [2.75, 3.05) is 19.6 Å². The SMILES string of the molecule is CC(C)NC(=O)N[C@H]1C[C@H]2CN(Cc3nccs3)[C@@H](CNC(=O)C3CC3)C(=O)N2C1. The number of aromatic nitrogens is 1. The van der Waals surface area contributed by atoms with Gasteiger partial charge in [0.05, 0.1) is 12.6 Å². The summed E-state index contributed by atoms with van der Waals surface area (Å²) < 4.78 is 0. The van der Waals surface area contributed by atoms with Crippen LogP contribution < -0.4 is 16.0 Å². The first-order valence-corrected chi connectivity index (χ1v) is 11.6. The lowest BCUT2D eigenvalue weighted by Gasteiger charge is -2.42. The Labute approximate surface area is 180 Å². The van der Waals surface area contributed by atoms with Gasteiger partial charge in [-0.3, -0.25) is 14.5 Å². The van der Waals surface area contributed by atoms with Crippen LogP contribution in [0.25, 0.3) is 0 Å². The Kier molecular flexibility index (Phi) is 6.24. The van der Waals surface area contributed by atoms with Crippen LogP contribution in [0.5, 0.6) is 0 Å². The fraction of sp³-hybridized carbons (Fsp3) is 0.700. The molecule has 3 atom stereocenters. The number of nitrogens with one attached hydrogen (secondary N) is 3. The molecule has 3 N–H and O–H groups in total. The molecule has 4 rings (SSSR count). The normalized spacial score (nSPS) is 26.6. The van der Waals surface area contributed by atoms with Gasteiger partial charge in [0.1, 0.15) is 11.0 Å². The van der Waals surface area contributed by atoms with Crippen LogP contribution in [0, 0.1) is 5.92 Å². The van der Waals surface area contributed by atoms with Gasteiger partial charge in [-0.2, -0.15) is 0 Å². The number of carbonyl (C=O) groups excluding carboxylic acids is 3. The van der Waals surface area contributed by atoms with E-state index in [0.717, 1.165) is 24.3 Å². The van der Waals surface area contributed by atoms with E-state index in [1.165, 1.54) is 0 Å². The van der Waals surface area contributed by atoms with Crippen LogP contribution in [0.2, 0.25) is 0 Å². The highest BCUT2D eigenvalue weighted by Gasteiger charge is 2.46. The molecule has 1 saturated carbocycles. The summed E-state index contributed by atoms with van der Waals surface area (Å²) in [6.07, 6.45) is 4.37. The zero-order valence-corrected chi connectivity index (χ0v) is 18.3. The zero-order valence-electron chi connectivity index (χ0n) is 17.5. The van der Waals surface area contributed by atoms with Crippen LogP contribution in [0.15, 0.2) is 11.6 Å². The lowest BCUT2D eigenvalue weighted by Crippen LogP contribution is -2.62. The van der Waals surface area contributed by atoms with Gasteiger partial charge >= 0.3 is 6.03 Å². The minimum absolute atomic E-state index is 0.0208. The molecule has 2 aliphatic heterocycles. The van der Waals surface area contributed by atoms with Crippen LogP contribution in [0.1, 0.15) is 38.1 Å². The van der Waals surface area contributed by atoms with Gasteiger partial charge in [-0.15, -0.1) is 11.3 Å². The topological polar surface area (TPSA) is 107 Å². The zero-order chi connectivity index (χ0) is 21.3. The number of nitrogens with zero attached hydrogens (tertiary/aromatic N) is 3. The van der Waals surface area contributed by atoms with Crippen molar-refractivity contribution in [3.8, 4) is 0 Å². The van der Waals surface area contributed by atoms with Crippen molar-refractivity contribution in [3.63, 3.8) is 0 Å². The van der Waals surface area contributed by atoms with Gasteiger partial charge in [0, 0.05) is 49.2 Å². The largest absolute Gasteiger partial charge is 0.354 e. The summed E-state index contributed by atoms with van der Waals surface area (Å²) in [4.78, 5) is 46.0. The van der Waals surface area contributed by atoms with Gasteiger partial charge in [-0.25, -0.2) is 9.78 Å². The van der Waals surface area contributed by atoms with Crippen molar-refractivity contribution in [2.45, 2.75) is 63.8 Å². The summed E-state index contributed by atoms with van der Waals surface area (Å²) in [5, 5.41) is 11.7. The number of hydrogen-bond donors (Lipinski definition) is 3. The van der Waals surface area contributed by atoms with Gasteiger partial charge in [0.2, 0.25) is 11.8 Å². The molecule has 0 aromatic carbocycles. The Morgan fingerprint density at radius 1 is 1.30 bits per heavy atom. The lowest BCUT2D eigenvalue weighted by atomic mass is 10.1. The number of amides is 4. The fourth-order valence-electron chi connectivity index (χ4n) is 4.28. The first-order chi connectivity index (χ1) is 14.4. The van der Waals surface area contributed by atoms with Gasteiger partial charge in [0.15, 0.2) is 0 Å². The molecule has 0 spiro atoms. The monoisotopic (exact) mass is 434 g/mol. The molecule has 3 aliphatic rings. The van der Waals surface area contributed by atoms with Crippen molar-refractivity contribution in [1.82, 2.24) is 30.7 Å². The molecular weight excluding hydrogens is 404 g/mol. The number of fused-ring (bicyclic) bond motifs is 1. The summed E-state index contributed by atoms with van der Waals surface area (Å²) in [6, 6.07) is -0.563. The number of rotatable bonds is 7. The molecule has 0 unspecified atom stereocenters. The van der Waals surface area contributed by atoms with Crippen molar-refractivity contribution in [1.29, 1.82) is 0 Å². The first-order valence-electron chi connectivity index (χ1n) is 10.7. The van der Waals surface area contributed by atoms with Crippen molar-refractivity contribution >= 4 is 29.2 Å². The Morgan fingerprint density at radius 3 is 2.77 bits per heavy atom. The third-order valence-corrected chi connectivity index (χ3v) is 6.63. The molecule has 4 amide bonds. The maximum atomic E-state index is 13.3. The van der Waals surface area contributed by atoms with Crippen molar-refractivity contribution in [2.24, 2.45) is 5.92 Å². The average molecular weight is 435 g/mol. The molecule has 1 aliphatic carbocycles. The van der Waals surface area contributed by atoms with E-state index in [4.69, 9.17) is 0 Å². The van der Waals surface area contributed by atoms with E-state index in [0.29, 0.717) is 26.2 Å². The summed E-state index contributed by atoms with van der Waals surface area (Å²) >= 11 is 1.57. The molecule has 1 aromatic heterocycles. The van der Waals surface area contributed by atoms with Gasteiger partial charge in [-0.05, 0) is 33.1 Å². The Hall–Kier alpha value is -2.20. The summed E-state index contributed by atoms with van der Waals surface area (Å²) in [5.41, 5.74) is 0. The van der Waals surface area contributed by atoms with Crippen LogP contribution in [-0.2, 0) is 16.1 Å². The van der Waals surface area contributed by atoms with Crippen LogP contribution in [-0.4, -0.2) is 76.4 Å². The molecule has 3 fully saturated rings. The smallest absolute Gasteiger partial charge is 0.315 e. The van der Waals surface area contributed by atoms with E-state index >= 15 is 0 Å². The highest BCUT2D eigenvalue weighted by atomic mass is 32.1. The molecule has 30 heavy (non-hydrogen) atoms. The molecule has 2 saturated heterocycles. The third-order valence-electron chi connectivity index (χ3n) is 5.86. The van der Waals surface area contributed by atoms with E-state index in [1.54, 1.807) is 17.5 Å². The lowest BCUT2D eigenvalue weighted by molar-refractivity contribution is -0.144. The summed E-state index contributed by atoms with van der Waals surface area (Å²) in [6.45, 7) is 5.95. The quantitative estimate of drug-likeness (QED) is 0.580. The Morgan fingerprint density at radius 2 is 2.10 bits per heavy atom. The Balaban J connectivity index is 1.42. The number of hydrogen-bond acceptors (Lipinski definition) is 6. The van der Waals surface area contributed by atoms with E-state index < -0.39 is 6.04 Å². The molecule has 1 aromatic rings. The number of thiazole rings is 1. The molecule has 10 heteroatoms. The summed E-state index contributed by atoms with van der Waals surface area (Å²) in [5.74, 6) is 0.182. The van der Waals surface area contributed by atoms with Crippen molar-refractivity contribution in [3.05, 3.63) is 16.6 Å². The standard InChI is InChI=1S/C20H30N6O3S/c1-12(2)23-20(29)24-14-7-15-10-25(11-17-21-5-6-30-17)16(19(28)26(15)9-14)8-22-18(27)13-3-4-13/h5-6,12-16H,3-4,7-11H2,1-2H3,(H,22,27)(H2,23,24,29)/t14-,15-,16-/m0/s1. The van der Waals surface area contributed by atoms with Gasteiger partial charge in [0.25, 0.3) is 0 Å². The molecule has 3 heterocycles. The molecule has 0 bridgehead atoms. The van der Waals surface area contributed by atoms with E-state index in [-0.39, 0.29) is 41.9 Å². The van der Waals surface area contributed by atoms with E-state index in [2.05, 4.69) is 25.8 Å². The second kappa shape index (κ2) is 8.89. The molecule has 0 radical (unpaired) electrons. The number of piperazine rings is 1. The minimum Gasteiger partial charge on any atom is -0.354 e. The maximum absolute atomic E-state index is 13.3. The molecule has 9 nitrogen and oxygen atoms in total. The minimum atomic E-state index is -0.406. The second-order valence-electron chi connectivity index (χ2n) is 8.74. The van der Waals surface area contributed by atoms with Crippen LogP contribution in [0.3, 0.4) is 0 Å². The van der Waals surface area contributed by atoms with Crippen molar-refractivity contribution < 1.29 is 14.4 Å². The predicted molar refractivity (Wildman–Crippen MR) is 113 cm³/mol. The molecule has 164 valence electrons. The second-order valence-corrected chi connectivity index (χ2v) is 9.72. The highest BCUT2D eigenvalue weighted by molar-refractivity contribution is 7.09. The summed E-state index contributed by atoms with van der Waals surface area (Å²) in [7, 11) is 0. The Bertz CT molecular complexity index is 782. The third kappa shape index (κ3) is 4.92. The maximum Gasteiger partial charge on any atom is 0.315 e. The number of carbonyl (C=O) groups is 3. The van der Waals surface area contributed by atoms with Gasteiger partial charge < -0.3 is 20.9 Å². The van der Waals surface area contributed by atoms with E-state index in [1.807, 2.05) is 24.1 Å². The predicted octanol–water partition coefficient (Wildman–Crippen LogP) is 0.531. The van der Waals surface area contributed by atoms with E-state index in [9.17, 15) is 14.4 Å². The number of urea groups is 1. The highest BCUT2D eigenvalue weighted by Crippen LogP contribution is 2.30. The van der Waals surface area contributed by atoms with Crippen LogP contribution >= 0.6 is 11.3 Å². The van der Waals surface area contributed by atoms with Gasteiger partial charge in [-0.1, -0.05) is 0 Å². The first kappa shape index (κ1) is 21.0. The molecular formula is C20H30N6O3S. The van der Waals surface area contributed by atoms with Crippen LogP contribution in [0.4, 0.5) is 4.79 Å². The average Bonchev–Trinajstić information content (AvgIpc) is 3.26. The fourth-order valence-corrected chi connectivity index (χ4v) is 4.92.